The Hall–Kier alpha value is -15.3. The van der Waals surface area contributed by atoms with Crippen molar-refractivity contribution in [3.05, 3.63) is 266 Å². The van der Waals surface area contributed by atoms with Crippen LogP contribution in [-0.2, 0) is 38.8 Å². The monoisotopic (exact) mass is 1670 g/mol. The number of amides is 4. The highest BCUT2D eigenvalue weighted by atomic mass is 35.5. The molecular weight excluding hydrogens is 1580 g/mol. The second-order valence-electron chi connectivity index (χ2n) is 29.0. The topological polar surface area (TPSA) is 429 Å². The predicted octanol–water partition coefficient (Wildman–Crippen LogP) is 11.5. The number of nitrogen functional groups attached to an aromatic ring is 4. The number of aliphatic hydroxyl groups excluding tert-OH is 4. The molecule has 2 aliphatic heterocycles. The number of rotatable bonds is 22. The number of fused-ring (bicyclic) bond motifs is 4. The zero-order chi connectivity index (χ0) is 87.9. The van der Waals surface area contributed by atoms with Gasteiger partial charge in [-0.15, -0.1) is 0 Å². The Labute approximate surface area is 712 Å². The number of aryl methyl sites for hydroxylation is 6. The van der Waals surface area contributed by atoms with Crippen LogP contribution in [0.2, 0.25) is 5.02 Å². The molecule has 0 spiro atoms. The number of carbonyl (C=O) groups is 4. The maximum atomic E-state index is 12.8. The molecule has 15 rings (SSSR count). The van der Waals surface area contributed by atoms with Crippen LogP contribution in [0.1, 0.15) is 65.0 Å². The normalized spacial score (nSPS) is 12.8. The van der Waals surface area contributed by atoms with E-state index in [1.165, 1.54) is 41.2 Å². The third-order valence-corrected chi connectivity index (χ3v) is 20.7. The first-order valence-electron chi connectivity index (χ1n) is 38.9. The van der Waals surface area contributed by atoms with Crippen molar-refractivity contribution in [1.29, 1.82) is 0 Å². The van der Waals surface area contributed by atoms with Crippen LogP contribution in [0.5, 0.6) is 0 Å². The van der Waals surface area contributed by atoms with E-state index in [9.17, 15) is 39.6 Å². The molecule has 10 heterocycles. The lowest BCUT2D eigenvalue weighted by Gasteiger charge is -2.35. The summed E-state index contributed by atoms with van der Waals surface area (Å²) in [6, 6.07) is 38.5. The van der Waals surface area contributed by atoms with Gasteiger partial charge in [0.2, 0.25) is 11.6 Å². The van der Waals surface area contributed by atoms with Gasteiger partial charge in [-0.05, 0) is 123 Å². The van der Waals surface area contributed by atoms with E-state index in [1.54, 1.807) is 55.4 Å². The van der Waals surface area contributed by atoms with Crippen molar-refractivity contribution in [2.75, 3.05) is 83.0 Å². The van der Waals surface area contributed by atoms with Gasteiger partial charge in [-0.3, -0.25) is 19.2 Å². The number of aromatic nitrogens is 12. The molecule has 2 saturated heterocycles. The summed E-state index contributed by atoms with van der Waals surface area (Å²) >= 11 is 6.03. The van der Waals surface area contributed by atoms with Gasteiger partial charge >= 0.3 is 0 Å². The average Bonchev–Trinajstić information content (AvgIpc) is 1.62. The van der Waals surface area contributed by atoms with Crippen LogP contribution >= 0.6 is 11.6 Å². The molecule has 622 valence electrons. The van der Waals surface area contributed by atoms with Gasteiger partial charge < -0.3 is 82.1 Å². The second kappa shape index (κ2) is 39.1. The van der Waals surface area contributed by atoms with Crippen LogP contribution in [0.3, 0.4) is 0 Å². The molecule has 5 aromatic carbocycles. The maximum absolute atomic E-state index is 12.8. The third-order valence-electron chi connectivity index (χ3n) is 20.5. The fourth-order valence-electron chi connectivity index (χ4n) is 14.2. The highest BCUT2D eigenvalue weighted by Gasteiger charge is 2.33. The quantitative estimate of drug-likeness (QED) is 0.0225. The van der Waals surface area contributed by atoms with Crippen LogP contribution in [0.4, 0.5) is 23.3 Å². The molecule has 0 aliphatic carbocycles. The highest BCUT2D eigenvalue weighted by Crippen LogP contribution is 2.43. The predicted molar refractivity (Wildman–Crippen MR) is 475 cm³/mol. The first kappa shape index (κ1) is 87.0. The molecule has 8 aromatic heterocycles. The van der Waals surface area contributed by atoms with Gasteiger partial charge in [-0.25, -0.2) is 59.3 Å². The zero-order valence-electron chi connectivity index (χ0n) is 67.9. The van der Waals surface area contributed by atoms with Crippen LogP contribution in [-0.4, -0.2) is 183 Å². The van der Waals surface area contributed by atoms with E-state index in [2.05, 4.69) is 59.3 Å². The average molecular weight is 1670 g/mol. The summed E-state index contributed by atoms with van der Waals surface area (Å²) in [5, 5.41) is 41.1. The van der Waals surface area contributed by atoms with E-state index in [0.717, 1.165) is 78.7 Å². The lowest BCUT2D eigenvalue weighted by atomic mass is 10.0. The van der Waals surface area contributed by atoms with Gasteiger partial charge in [0.05, 0.1) is 53.9 Å². The number of nitrogens with zero attached hydrogens (tertiary/aromatic N) is 19. The minimum atomic E-state index is -0.771. The number of halogens is 1. The molecule has 2 fully saturated rings. The Morgan fingerprint density at radius 3 is 1.22 bits per heavy atom. The molecule has 123 heavy (non-hydrogen) atoms. The molecular formula is C90H87ClN24O8. The molecule has 0 radical (unpaired) electrons. The minimum absolute atomic E-state index is 0.00440. The Morgan fingerprint density at radius 1 is 0.488 bits per heavy atom. The number of hydrogen-bond acceptors (Lipinski definition) is 20. The Bertz CT molecular complexity index is 6500. The van der Waals surface area contributed by atoms with Gasteiger partial charge in [0.25, 0.3) is 34.8 Å². The molecule has 33 heteroatoms. The number of benzene rings is 5. The van der Waals surface area contributed by atoms with Crippen molar-refractivity contribution in [3.8, 4) is 50.2 Å². The summed E-state index contributed by atoms with van der Waals surface area (Å²) in [6.45, 7) is 39.0. The summed E-state index contributed by atoms with van der Waals surface area (Å²) in [6.07, 6.45) is 15.5. The second-order valence-corrected chi connectivity index (χ2v) is 29.5. The Balaban J connectivity index is 0.000000150. The SMILES string of the molecule is [C-]#[N+]/C(=C\c1c(-c2ccc(C)cc2)c2c(N)ncnc2n1CCCO)C(=O)N(C)C.[C-]#[N+]/C(=C\c1c(-c2ccc(C)cc2)c2c(N)ncnc2n1CCCO)C(=O)N1CC(O)C1.[C-]#[N+]/C(=C\c1c(-c2ccc(C)cc2)c2c(N)ncnc2n1CCCO)C(=O)N1CCC1.[C-]#[N+]/C(=C\c1cccc(-n2cc(-c3ccc(Cl)cc3)c3c(N)ncnc32)c1)C(N)=O. The van der Waals surface area contributed by atoms with Gasteiger partial charge in [0, 0.05) is 136 Å². The summed E-state index contributed by atoms with van der Waals surface area (Å²) in [4.78, 5) is 102. The fourth-order valence-corrected chi connectivity index (χ4v) is 14.3. The molecule has 0 saturated carbocycles. The number of primary amides is 1. The molecule has 2 aliphatic rings. The van der Waals surface area contributed by atoms with Crippen LogP contribution < -0.4 is 28.7 Å². The molecule has 14 N–H and O–H groups in total. The molecule has 13 aromatic rings. The molecule has 0 atom stereocenters. The van der Waals surface area contributed by atoms with Crippen LogP contribution in [0.15, 0.2) is 176 Å². The largest absolute Gasteiger partial charge is 0.396 e. The van der Waals surface area contributed by atoms with Crippen molar-refractivity contribution >= 4 is 127 Å². The van der Waals surface area contributed by atoms with Crippen molar-refractivity contribution < 1.29 is 39.6 Å². The number of β-amino-alcohol motifs (C(OH)–C–C–N with tert-alkyl or cyclic N) is 1. The van der Waals surface area contributed by atoms with E-state index in [4.69, 9.17) is 66.6 Å². The van der Waals surface area contributed by atoms with Gasteiger partial charge in [0.15, 0.2) is 5.65 Å². The van der Waals surface area contributed by atoms with Crippen LogP contribution in [0, 0.1) is 47.1 Å². The summed E-state index contributed by atoms with van der Waals surface area (Å²) in [5.41, 5.74) is 45.8. The van der Waals surface area contributed by atoms with Crippen molar-refractivity contribution in [2.24, 2.45) is 5.73 Å². The standard InChI is InChI=1S/C23H24N6O3.C23H24N6O2.C22H15ClN6O.C22H24N6O2/c1-14-4-6-15(7-5-14)19-18(10-17(25-2)23(32)28-11-16(31)12-28)29(8-3-9-30)22-20(19)21(24)26-13-27-22;1-15-5-7-16(8-6-15)19-18(13-17(25-2)23(31)28-9-3-10-28)29(11-4-12-30)22-20(19)21(24)26-14-27-22;1-26-18(21(25)30)10-13-3-2-4-16(9-13)29-11-17(14-5-7-15(23)8-6-14)19-20(24)27-12-28-22(19)29;1-14-6-8-15(9-7-14)18-17(12-16(24-2)22(30)27(3)4)28(10-5-11-29)21-19(18)20(23)25-13-26-21/h4-7,10,13,16,30-31H,3,8-9,11-12H2,1H3,(H2,24,26,27);5-8,13-14,30H,3-4,9-12H2,1H3,(H2,24,26,27);2-12H,(H2,25,30)(H2,24,27,28);6-9,12-13,29H,5,10-11H2,1,3-4H3,(H2,23,25,26)/b17-10-;17-13-;18-10-;16-12-. The van der Waals surface area contributed by atoms with Crippen molar-refractivity contribution in [3.63, 3.8) is 0 Å². The lowest BCUT2D eigenvalue weighted by molar-refractivity contribution is -0.136. The smallest absolute Gasteiger partial charge is 0.253 e. The fraction of sp³-hybridized carbons (Fsp3) is 0.222. The highest BCUT2D eigenvalue weighted by molar-refractivity contribution is 6.30. The van der Waals surface area contributed by atoms with Crippen LogP contribution in [0.25, 0.3) is 138 Å². The van der Waals surface area contributed by atoms with Gasteiger partial charge in [0.1, 0.15) is 65.5 Å². The summed E-state index contributed by atoms with van der Waals surface area (Å²) in [7, 11) is 3.21. The van der Waals surface area contributed by atoms with E-state index in [1.807, 2.05) is 148 Å². The van der Waals surface area contributed by atoms with E-state index in [-0.39, 0.29) is 61.6 Å². The third kappa shape index (κ3) is 18.9. The number of hydrogen-bond donors (Lipinski definition) is 9. The number of anilines is 4. The Kier molecular flexibility index (Phi) is 27.6. The van der Waals surface area contributed by atoms with Gasteiger partial charge in [-0.2, -0.15) is 0 Å². The Morgan fingerprint density at radius 2 is 0.862 bits per heavy atom. The summed E-state index contributed by atoms with van der Waals surface area (Å²) in [5.74, 6) is -0.557. The van der Waals surface area contributed by atoms with E-state index in [0.29, 0.717) is 142 Å². The number of nitrogens with two attached hydrogens (primary N) is 5. The maximum Gasteiger partial charge on any atom is 0.253 e. The first-order valence-corrected chi connectivity index (χ1v) is 39.3. The molecule has 4 amide bonds. The summed E-state index contributed by atoms with van der Waals surface area (Å²) < 4.78 is 7.54. The molecule has 0 unspecified atom stereocenters. The van der Waals surface area contributed by atoms with Crippen molar-refractivity contribution in [1.82, 2.24) is 72.8 Å². The van der Waals surface area contributed by atoms with E-state index < -0.39 is 23.8 Å². The number of carbonyl (C=O) groups excluding carboxylic acids is 4. The number of likely N-dealkylation sites (N-methyl/N-ethyl adjacent to an activating group) is 1. The molecule has 32 nitrogen and oxygen atoms in total. The van der Waals surface area contributed by atoms with Gasteiger partial charge in [-0.1, -0.05) is 125 Å². The van der Waals surface area contributed by atoms with E-state index >= 15 is 0 Å². The minimum Gasteiger partial charge on any atom is -0.396 e. The first-order chi connectivity index (χ1) is 59.3. The number of likely N-dealkylation sites (tertiary alicyclic amines) is 2. The molecule has 0 bridgehead atoms. The zero-order valence-corrected chi connectivity index (χ0v) is 68.7. The lowest BCUT2D eigenvalue weighted by Crippen LogP contribution is -2.53. The number of aliphatic hydroxyl groups is 4. The van der Waals surface area contributed by atoms with Crippen molar-refractivity contribution in [2.45, 2.75) is 72.2 Å².